The molecule has 0 aliphatic heterocycles. The Morgan fingerprint density at radius 3 is 2.64 bits per heavy atom. The second-order valence-electron chi connectivity index (χ2n) is 6.44. The molecule has 0 radical (unpaired) electrons. The van der Waals surface area contributed by atoms with Crippen LogP contribution < -0.4 is 10.5 Å². The number of pyridine rings is 1. The van der Waals surface area contributed by atoms with Crippen LogP contribution in [0, 0.1) is 20.8 Å². The maximum Gasteiger partial charge on any atom is 0.222 e. The molecule has 0 saturated carbocycles. The second-order valence-corrected chi connectivity index (χ2v) is 6.44. The Labute approximate surface area is 148 Å². The summed E-state index contributed by atoms with van der Waals surface area (Å²) >= 11 is 0. The SMILES string of the molecule is CCCc1cn(Cc2ncc(C)c(OC)c2C)c2nc(N)nc(C)c12. The van der Waals surface area contributed by atoms with Crippen molar-refractivity contribution >= 4 is 17.0 Å². The first-order valence-electron chi connectivity index (χ1n) is 8.57. The zero-order valence-corrected chi connectivity index (χ0v) is 15.6. The minimum absolute atomic E-state index is 0.304. The average Bonchev–Trinajstić information content (AvgIpc) is 2.89. The van der Waals surface area contributed by atoms with Gasteiger partial charge >= 0.3 is 0 Å². The van der Waals surface area contributed by atoms with E-state index in [2.05, 4.69) is 32.6 Å². The minimum atomic E-state index is 0.304. The molecular weight excluding hydrogens is 314 g/mol. The van der Waals surface area contributed by atoms with Gasteiger partial charge in [0.25, 0.3) is 0 Å². The van der Waals surface area contributed by atoms with E-state index in [0.717, 1.165) is 52.1 Å². The van der Waals surface area contributed by atoms with Crippen molar-refractivity contribution < 1.29 is 4.74 Å². The van der Waals surface area contributed by atoms with Gasteiger partial charge in [-0.15, -0.1) is 0 Å². The summed E-state index contributed by atoms with van der Waals surface area (Å²) in [7, 11) is 1.70. The molecule has 0 saturated heterocycles. The largest absolute Gasteiger partial charge is 0.496 e. The summed E-state index contributed by atoms with van der Waals surface area (Å²) in [4.78, 5) is 13.4. The van der Waals surface area contributed by atoms with E-state index in [4.69, 9.17) is 10.5 Å². The van der Waals surface area contributed by atoms with Crippen LogP contribution in [0.1, 0.15) is 41.4 Å². The highest BCUT2D eigenvalue weighted by atomic mass is 16.5. The molecule has 6 nitrogen and oxygen atoms in total. The summed E-state index contributed by atoms with van der Waals surface area (Å²) in [5.41, 5.74) is 12.0. The summed E-state index contributed by atoms with van der Waals surface area (Å²) in [6, 6.07) is 0. The molecule has 3 aromatic heterocycles. The van der Waals surface area contributed by atoms with Crippen molar-refractivity contribution in [3.63, 3.8) is 0 Å². The Balaban J connectivity index is 2.14. The molecular formula is C19H25N5O. The Morgan fingerprint density at radius 2 is 1.96 bits per heavy atom. The number of ether oxygens (including phenoxy) is 1. The number of anilines is 1. The summed E-state index contributed by atoms with van der Waals surface area (Å²) in [6.45, 7) is 8.83. The number of aromatic nitrogens is 4. The molecule has 0 atom stereocenters. The van der Waals surface area contributed by atoms with Crippen LogP contribution in [0.25, 0.3) is 11.0 Å². The average molecular weight is 339 g/mol. The van der Waals surface area contributed by atoms with Crippen LogP contribution in [0.15, 0.2) is 12.4 Å². The number of fused-ring (bicyclic) bond motifs is 1. The molecule has 25 heavy (non-hydrogen) atoms. The number of hydrogen-bond acceptors (Lipinski definition) is 5. The van der Waals surface area contributed by atoms with Gasteiger partial charge in [-0.05, 0) is 32.8 Å². The first-order chi connectivity index (χ1) is 12.0. The lowest BCUT2D eigenvalue weighted by Gasteiger charge is -2.13. The fourth-order valence-corrected chi connectivity index (χ4v) is 3.45. The summed E-state index contributed by atoms with van der Waals surface area (Å²) < 4.78 is 7.65. The highest BCUT2D eigenvalue weighted by Gasteiger charge is 2.16. The maximum atomic E-state index is 5.89. The minimum Gasteiger partial charge on any atom is -0.496 e. The smallest absolute Gasteiger partial charge is 0.222 e. The zero-order chi connectivity index (χ0) is 18.1. The molecule has 6 heteroatoms. The third-order valence-corrected chi connectivity index (χ3v) is 4.58. The van der Waals surface area contributed by atoms with Gasteiger partial charge < -0.3 is 15.0 Å². The Bertz CT molecular complexity index is 929. The number of nitrogens with two attached hydrogens (primary N) is 1. The van der Waals surface area contributed by atoms with Crippen molar-refractivity contribution in [2.45, 2.75) is 47.1 Å². The van der Waals surface area contributed by atoms with E-state index in [1.165, 1.54) is 5.56 Å². The Morgan fingerprint density at radius 1 is 1.20 bits per heavy atom. The fraction of sp³-hybridized carbons (Fsp3) is 0.421. The van der Waals surface area contributed by atoms with Crippen molar-refractivity contribution in [1.82, 2.24) is 19.5 Å². The van der Waals surface area contributed by atoms with E-state index in [-0.39, 0.29) is 0 Å². The van der Waals surface area contributed by atoms with Gasteiger partial charge in [0.1, 0.15) is 11.4 Å². The normalized spacial score (nSPS) is 11.2. The van der Waals surface area contributed by atoms with Gasteiger partial charge in [0.15, 0.2) is 0 Å². The van der Waals surface area contributed by atoms with E-state index in [9.17, 15) is 0 Å². The predicted molar refractivity (Wildman–Crippen MR) is 100 cm³/mol. The van der Waals surface area contributed by atoms with Crippen LogP contribution in [0.4, 0.5) is 5.95 Å². The molecule has 3 aromatic rings. The molecule has 0 aliphatic carbocycles. The molecule has 0 bridgehead atoms. The lowest BCUT2D eigenvalue weighted by atomic mass is 10.1. The zero-order valence-electron chi connectivity index (χ0n) is 15.6. The number of nitrogen functional groups attached to an aromatic ring is 1. The topological polar surface area (TPSA) is 78.8 Å². The molecule has 132 valence electrons. The van der Waals surface area contributed by atoms with E-state index in [1.807, 2.05) is 27.0 Å². The molecule has 0 unspecified atom stereocenters. The van der Waals surface area contributed by atoms with E-state index in [0.29, 0.717) is 12.5 Å². The van der Waals surface area contributed by atoms with Crippen molar-refractivity contribution in [2.24, 2.45) is 0 Å². The van der Waals surface area contributed by atoms with Crippen molar-refractivity contribution in [1.29, 1.82) is 0 Å². The van der Waals surface area contributed by atoms with Crippen molar-refractivity contribution in [2.75, 3.05) is 12.8 Å². The van der Waals surface area contributed by atoms with Crippen LogP contribution in [0.3, 0.4) is 0 Å². The van der Waals surface area contributed by atoms with Gasteiger partial charge in [0, 0.05) is 28.9 Å². The van der Waals surface area contributed by atoms with Crippen molar-refractivity contribution in [3.8, 4) is 5.75 Å². The molecule has 0 aliphatic rings. The molecule has 3 rings (SSSR count). The van der Waals surface area contributed by atoms with Gasteiger partial charge in [-0.1, -0.05) is 13.3 Å². The van der Waals surface area contributed by atoms with E-state index >= 15 is 0 Å². The highest BCUT2D eigenvalue weighted by molar-refractivity contribution is 5.83. The van der Waals surface area contributed by atoms with Gasteiger partial charge in [0.2, 0.25) is 5.95 Å². The molecule has 2 N–H and O–H groups in total. The van der Waals surface area contributed by atoms with Crippen LogP contribution >= 0.6 is 0 Å². The number of rotatable bonds is 5. The second kappa shape index (κ2) is 6.70. The monoisotopic (exact) mass is 339 g/mol. The van der Waals surface area contributed by atoms with Crippen LogP contribution in [-0.2, 0) is 13.0 Å². The van der Waals surface area contributed by atoms with Crippen LogP contribution in [0.5, 0.6) is 5.75 Å². The van der Waals surface area contributed by atoms with Crippen LogP contribution in [0.2, 0.25) is 0 Å². The number of methoxy groups -OCH3 is 1. The first kappa shape index (κ1) is 17.2. The lowest BCUT2D eigenvalue weighted by molar-refractivity contribution is 0.406. The number of hydrogen-bond donors (Lipinski definition) is 1. The lowest BCUT2D eigenvalue weighted by Crippen LogP contribution is -2.07. The Hall–Kier alpha value is -2.63. The van der Waals surface area contributed by atoms with Gasteiger partial charge in [-0.2, -0.15) is 4.98 Å². The van der Waals surface area contributed by atoms with Gasteiger partial charge in [0.05, 0.1) is 25.0 Å². The molecule has 0 fully saturated rings. The fourth-order valence-electron chi connectivity index (χ4n) is 3.45. The van der Waals surface area contributed by atoms with Gasteiger partial charge in [-0.3, -0.25) is 4.98 Å². The summed E-state index contributed by atoms with van der Waals surface area (Å²) in [5.74, 6) is 1.19. The quantitative estimate of drug-likeness (QED) is 0.771. The van der Waals surface area contributed by atoms with Gasteiger partial charge in [-0.25, -0.2) is 4.98 Å². The highest BCUT2D eigenvalue weighted by Crippen LogP contribution is 2.28. The predicted octanol–water partition coefficient (Wildman–Crippen LogP) is 3.34. The third-order valence-electron chi connectivity index (χ3n) is 4.58. The van der Waals surface area contributed by atoms with E-state index in [1.54, 1.807) is 7.11 Å². The standard InChI is InChI=1S/C19H25N5O/c1-6-7-14-9-24(18-16(14)13(4)22-19(20)23-18)10-15-12(3)17(25-5)11(2)8-21-15/h8-9H,6-7,10H2,1-5H3,(H2,20,22,23). The number of nitrogens with zero attached hydrogens (tertiary/aromatic N) is 4. The number of aryl methyl sites for hydroxylation is 3. The van der Waals surface area contributed by atoms with E-state index < -0.39 is 0 Å². The molecule has 0 spiro atoms. The van der Waals surface area contributed by atoms with Crippen molar-refractivity contribution in [3.05, 3.63) is 40.5 Å². The maximum absolute atomic E-state index is 5.89. The first-order valence-corrected chi connectivity index (χ1v) is 8.57. The Kier molecular flexibility index (Phi) is 4.61. The molecule has 0 amide bonds. The molecule has 3 heterocycles. The summed E-state index contributed by atoms with van der Waals surface area (Å²) in [5, 5.41) is 1.10. The van der Waals surface area contributed by atoms with Crippen LogP contribution in [-0.4, -0.2) is 26.6 Å². The summed E-state index contributed by atoms with van der Waals surface area (Å²) in [6.07, 6.45) is 6.07. The third kappa shape index (κ3) is 3.04. The molecule has 0 aromatic carbocycles.